The van der Waals surface area contributed by atoms with Gasteiger partial charge >= 0.3 is 23.9 Å². The first kappa shape index (κ1) is 38.9. The molecule has 10 heteroatoms. The van der Waals surface area contributed by atoms with Crippen molar-refractivity contribution in [3.05, 3.63) is 95.1 Å². The molecular weight excluding hydrogens is 662 g/mol. The number of carbonyl (C=O) groups excluding carboxylic acids is 4. The molecule has 0 bridgehead atoms. The number of rotatable bonds is 10. The predicted molar refractivity (Wildman–Crippen MR) is 195 cm³/mol. The minimum atomic E-state index is -1.44. The Labute approximate surface area is 307 Å². The number of benzene rings is 2. The zero-order chi connectivity index (χ0) is 38.2. The number of carbonyl (C=O) groups is 4. The average Bonchev–Trinajstić information content (AvgIpc) is 3.31. The maximum Gasteiger partial charge on any atom is 0.338 e. The monoisotopic (exact) mass is 715 g/mol. The van der Waals surface area contributed by atoms with Crippen LogP contribution in [-0.2, 0) is 33.3 Å². The molecule has 0 spiro atoms. The first-order valence-electron chi connectivity index (χ1n) is 18.0. The van der Waals surface area contributed by atoms with Crippen LogP contribution < -0.4 is 0 Å². The third-order valence-electron chi connectivity index (χ3n) is 11.8. The quantitative estimate of drug-likeness (QED) is 0.165. The van der Waals surface area contributed by atoms with E-state index in [0.29, 0.717) is 35.1 Å². The fraction of sp³-hybridized carbons (Fsp3) is 0.524. The molecule has 1 unspecified atom stereocenters. The van der Waals surface area contributed by atoms with Crippen LogP contribution in [0.4, 0.5) is 0 Å². The molecule has 2 aromatic rings. The molecule has 2 fully saturated rings. The summed E-state index contributed by atoms with van der Waals surface area (Å²) in [6.07, 6.45) is -2.09. The summed E-state index contributed by atoms with van der Waals surface area (Å²) in [6, 6.07) is 18.1. The first-order valence-corrected chi connectivity index (χ1v) is 18.0. The summed E-state index contributed by atoms with van der Waals surface area (Å²) in [5.74, 6) is -2.54. The zero-order valence-corrected chi connectivity index (χ0v) is 31.6. The number of esters is 4. The molecule has 5 rings (SSSR count). The highest BCUT2D eigenvalue weighted by Gasteiger charge is 2.66. The molecule has 2 aromatic carbocycles. The van der Waals surface area contributed by atoms with Gasteiger partial charge in [0.25, 0.3) is 0 Å². The standard InChI is InChI=1S/C42H53NO9/c1-25-31-23-42(40(5,6)48)24-34(49-27(3)44)26(2)36(42)37(52-39(47)30-18-14-11-15-19-30)38(50-28(4)45)41(31,7)21-20-33(25)51-35(46)22-32(43(8)9)29-16-12-10-13-17-29/h10-19,31-34,37-38,48H,1,20-24H2,2-9H3/t31-,32?,33+,34+,37-,38+,41-,42+/m1/s1. The molecule has 8 atom stereocenters. The van der Waals surface area contributed by atoms with Crippen LogP contribution in [0.3, 0.4) is 0 Å². The molecule has 0 radical (unpaired) electrons. The van der Waals surface area contributed by atoms with Gasteiger partial charge in [0, 0.05) is 37.1 Å². The minimum absolute atomic E-state index is 0.125. The summed E-state index contributed by atoms with van der Waals surface area (Å²) < 4.78 is 24.7. The Kier molecular flexibility index (Phi) is 11.2. The largest absolute Gasteiger partial charge is 0.458 e. The van der Waals surface area contributed by atoms with E-state index in [1.54, 1.807) is 44.2 Å². The Hall–Kier alpha value is -4.28. The van der Waals surface area contributed by atoms with E-state index < -0.39 is 64.7 Å². The van der Waals surface area contributed by atoms with Gasteiger partial charge < -0.3 is 29.0 Å². The number of aliphatic hydroxyl groups is 1. The van der Waals surface area contributed by atoms with Crippen LogP contribution in [0.5, 0.6) is 0 Å². The zero-order valence-electron chi connectivity index (χ0n) is 31.6. The summed E-state index contributed by atoms with van der Waals surface area (Å²) in [5, 5.41) is 12.2. The van der Waals surface area contributed by atoms with Crippen molar-refractivity contribution < 1.29 is 43.2 Å². The molecule has 0 saturated heterocycles. The predicted octanol–water partition coefficient (Wildman–Crippen LogP) is 6.53. The molecule has 10 nitrogen and oxygen atoms in total. The van der Waals surface area contributed by atoms with Gasteiger partial charge in [0.05, 0.1) is 17.6 Å². The summed E-state index contributed by atoms with van der Waals surface area (Å²) >= 11 is 0. The van der Waals surface area contributed by atoms with E-state index in [1.807, 2.05) is 63.2 Å². The second-order valence-electron chi connectivity index (χ2n) is 15.7. The van der Waals surface area contributed by atoms with E-state index in [1.165, 1.54) is 13.8 Å². The van der Waals surface area contributed by atoms with Crippen molar-refractivity contribution in [2.75, 3.05) is 14.1 Å². The fourth-order valence-electron chi connectivity index (χ4n) is 9.01. The highest BCUT2D eigenvalue weighted by atomic mass is 16.6. The maximum absolute atomic E-state index is 13.9. The van der Waals surface area contributed by atoms with Crippen molar-refractivity contribution in [1.82, 2.24) is 4.90 Å². The number of hydrogen-bond donors (Lipinski definition) is 1. The molecule has 3 aliphatic carbocycles. The van der Waals surface area contributed by atoms with Gasteiger partial charge in [-0.15, -0.1) is 0 Å². The molecule has 3 aliphatic rings. The topological polar surface area (TPSA) is 129 Å². The van der Waals surface area contributed by atoms with Crippen LogP contribution in [0.2, 0.25) is 0 Å². The van der Waals surface area contributed by atoms with Crippen LogP contribution in [-0.4, -0.2) is 78.0 Å². The normalized spacial score (nSPS) is 29.3. The van der Waals surface area contributed by atoms with Gasteiger partial charge in [0.15, 0.2) is 6.10 Å². The molecular formula is C42H53NO9. The Morgan fingerprint density at radius 3 is 2.06 bits per heavy atom. The van der Waals surface area contributed by atoms with Gasteiger partial charge in [-0.1, -0.05) is 62.0 Å². The molecule has 0 aliphatic heterocycles. The van der Waals surface area contributed by atoms with Gasteiger partial charge in [-0.25, -0.2) is 4.79 Å². The van der Waals surface area contributed by atoms with Crippen LogP contribution in [0.1, 0.15) is 95.6 Å². The molecule has 2 saturated carbocycles. The highest BCUT2D eigenvalue weighted by molar-refractivity contribution is 5.89. The third-order valence-corrected chi connectivity index (χ3v) is 11.8. The van der Waals surface area contributed by atoms with E-state index in [2.05, 4.69) is 6.58 Å². The Balaban J connectivity index is 1.60. The lowest BCUT2D eigenvalue weighted by atomic mass is 9.57. The lowest BCUT2D eigenvalue weighted by Gasteiger charge is -2.50. The SMILES string of the molecule is C=C1[C@@H](OC(=O)CC(c2ccccc2)N(C)C)CC[C@]2(C)[C@@H]1C[C@]1(C(C)(C)O)C[C@H](OC(C)=O)C(C)=C1[C@@H](OC(=O)c1ccccc1)[C@@H]2OC(C)=O. The van der Waals surface area contributed by atoms with Gasteiger partial charge in [0.2, 0.25) is 0 Å². The van der Waals surface area contributed by atoms with Crippen molar-refractivity contribution in [1.29, 1.82) is 0 Å². The number of fused-ring (bicyclic) bond motifs is 2. The molecule has 1 N–H and O–H groups in total. The molecule has 52 heavy (non-hydrogen) atoms. The molecule has 0 amide bonds. The van der Waals surface area contributed by atoms with E-state index in [4.69, 9.17) is 18.9 Å². The van der Waals surface area contributed by atoms with Crippen LogP contribution in [0, 0.1) is 16.7 Å². The number of ether oxygens (including phenoxy) is 4. The third kappa shape index (κ3) is 7.46. The van der Waals surface area contributed by atoms with Crippen molar-refractivity contribution >= 4 is 23.9 Å². The smallest absolute Gasteiger partial charge is 0.338 e. The van der Waals surface area contributed by atoms with Crippen LogP contribution in [0.15, 0.2) is 84.0 Å². The Bertz CT molecular complexity index is 1710. The van der Waals surface area contributed by atoms with E-state index in [-0.39, 0.29) is 31.3 Å². The Morgan fingerprint density at radius 1 is 0.904 bits per heavy atom. The van der Waals surface area contributed by atoms with E-state index in [0.717, 1.165) is 5.56 Å². The van der Waals surface area contributed by atoms with Crippen molar-refractivity contribution in [2.24, 2.45) is 16.7 Å². The lowest BCUT2D eigenvalue weighted by Crippen LogP contribution is -2.52. The van der Waals surface area contributed by atoms with Crippen LogP contribution in [0.25, 0.3) is 0 Å². The first-order chi connectivity index (χ1) is 24.4. The summed E-state index contributed by atoms with van der Waals surface area (Å²) in [6.45, 7) is 14.4. The maximum atomic E-state index is 13.9. The second kappa shape index (κ2) is 15.0. The summed E-state index contributed by atoms with van der Waals surface area (Å²) in [7, 11) is 3.84. The fourth-order valence-corrected chi connectivity index (χ4v) is 9.01. The minimum Gasteiger partial charge on any atom is -0.458 e. The van der Waals surface area contributed by atoms with E-state index >= 15 is 0 Å². The molecule has 0 heterocycles. The van der Waals surface area contributed by atoms with Gasteiger partial charge in [-0.3, -0.25) is 14.4 Å². The lowest BCUT2D eigenvalue weighted by molar-refractivity contribution is -0.169. The second-order valence-corrected chi connectivity index (χ2v) is 15.7. The Morgan fingerprint density at radius 2 is 1.50 bits per heavy atom. The number of nitrogens with zero attached hydrogens (tertiary/aromatic N) is 1. The summed E-state index contributed by atoms with van der Waals surface area (Å²) in [4.78, 5) is 54.9. The van der Waals surface area contributed by atoms with E-state index in [9.17, 15) is 24.3 Å². The van der Waals surface area contributed by atoms with Crippen molar-refractivity contribution in [3.63, 3.8) is 0 Å². The van der Waals surface area contributed by atoms with Crippen molar-refractivity contribution in [2.45, 2.75) is 110 Å². The molecule has 280 valence electrons. The average molecular weight is 716 g/mol. The number of hydrogen-bond acceptors (Lipinski definition) is 10. The summed E-state index contributed by atoms with van der Waals surface area (Å²) in [5.41, 5.74) is -0.305. The van der Waals surface area contributed by atoms with Gasteiger partial charge in [-0.2, -0.15) is 0 Å². The van der Waals surface area contributed by atoms with Gasteiger partial charge in [0.1, 0.15) is 18.3 Å². The van der Waals surface area contributed by atoms with Crippen LogP contribution >= 0.6 is 0 Å². The van der Waals surface area contributed by atoms with Gasteiger partial charge in [-0.05, 0) is 94.5 Å². The highest BCUT2D eigenvalue weighted by Crippen LogP contribution is 2.65. The van der Waals surface area contributed by atoms with Crippen molar-refractivity contribution in [3.8, 4) is 0 Å². The molecule has 0 aromatic heterocycles.